The van der Waals surface area contributed by atoms with Gasteiger partial charge in [0.1, 0.15) is 10.7 Å². The van der Waals surface area contributed by atoms with Gasteiger partial charge in [0.25, 0.3) is 0 Å². The molecule has 0 spiro atoms. The van der Waals surface area contributed by atoms with Gasteiger partial charge in [-0.3, -0.25) is 0 Å². The Labute approximate surface area is 95.9 Å². The van der Waals surface area contributed by atoms with Gasteiger partial charge in [0.05, 0.1) is 12.2 Å². The molecule has 7 heteroatoms. The highest BCUT2D eigenvalue weighted by molar-refractivity contribution is 7.89. The Morgan fingerprint density at radius 1 is 1.44 bits per heavy atom. The van der Waals surface area contributed by atoms with Crippen LogP contribution in [0.25, 0.3) is 0 Å². The Bertz CT molecular complexity index is 464. The minimum atomic E-state index is -3.53. The first kappa shape index (κ1) is 13.0. The summed E-state index contributed by atoms with van der Waals surface area (Å²) in [5.41, 5.74) is 5.79. The quantitative estimate of drug-likeness (QED) is 0.813. The molecule has 0 radical (unpaired) electrons. The van der Waals surface area contributed by atoms with Crippen LogP contribution >= 0.6 is 0 Å². The molecule has 0 aliphatic carbocycles. The van der Waals surface area contributed by atoms with Crippen LogP contribution in [0, 0.1) is 5.92 Å². The van der Waals surface area contributed by atoms with E-state index in [1.165, 1.54) is 17.9 Å². The van der Waals surface area contributed by atoms with Crippen molar-refractivity contribution < 1.29 is 8.42 Å². The van der Waals surface area contributed by atoms with Crippen LogP contribution in [0.2, 0.25) is 0 Å². The number of nitrogens with one attached hydrogen (secondary N) is 1. The number of aromatic nitrogens is 2. The van der Waals surface area contributed by atoms with Gasteiger partial charge in [-0.15, -0.1) is 0 Å². The average molecular weight is 246 g/mol. The number of nitrogen functional groups attached to an aromatic ring is 1. The van der Waals surface area contributed by atoms with Gasteiger partial charge < -0.3 is 5.73 Å². The third-order valence-corrected chi connectivity index (χ3v) is 4.14. The standard InChI is InChI=1S/C9H18N4O2S/c1-6(2)7(3)13-9(10)8(5-12-13)16(14,15)11-4/h5-7,11H,10H2,1-4H3. The maximum absolute atomic E-state index is 11.6. The average Bonchev–Trinajstić information content (AvgIpc) is 2.59. The molecule has 1 rings (SSSR count). The SMILES string of the molecule is CNS(=O)(=O)c1cnn(C(C)C(C)C)c1N. The van der Waals surface area contributed by atoms with Crippen LogP contribution < -0.4 is 10.5 Å². The van der Waals surface area contributed by atoms with Crippen LogP contribution in [0.3, 0.4) is 0 Å². The lowest BCUT2D eigenvalue weighted by molar-refractivity contribution is 0.380. The van der Waals surface area contributed by atoms with Gasteiger partial charge in [-0.25, -0.2) is 17.8 Å². The number of sulfonamides is 1. The first-order valence-corrected chi connectivity index (χ1v) is 6.56. The fourth-order valence-corrected chi connectivity index (χ4v) is 2.05. The molecule has 3 N–H and O–H groups in total. The minimum Gasteiger partial charge on any atom is -0.383 e. The van der Waals surface area contributed by atoms with Crippen molar-refractivity contribution in [1.29, 1.82) is 0 Å². The summed E-state index contributed by atoms with van der Waals surface area (Å²) < 4.78 is 26.9. The Kier molecular flexibility index (Phi) is 3.59. The van der Waals surface area contributed by atoms with Gasteiger partial charge in [-0.2, -0.15) is 5.10 Å². The lowest BCUT2D eigenvalue weighted by Gasteiger charge is -2.17. The van der Waals surface area contributed by atoms with Crippen molar-refractivity contribution in [1.82, 2.24) is 14.5 Å². The second-order valence-electron chi connectivity index (χ2n) is 4.03. The van der Waals surface area contributed by atoms with Crippen LogP contribution in [-0.2, 0) is 10.0 Å². The number of hydrogen-bond donors (Lipinski definition) is 2. The smallest absolute Gasteiger partial charge is 0.245 e. The zero-order valence-corrected chi connectivity index (χ0v) is 10.7. The van der Waals surface area contributed by atoms with Crippen LogP contribution in [0.5, 0.6) is 0 Å². The topological polar surface area (TPSA) is 90.0 Å². The lowest BCUT2D eigenvalue weighted by Crippen LogP contribution is -2.21. The normalized spacial score (nSPS) is 14.3. The van der Waals surface area contributed by atoms with Crippen molar-refractivity contribution >= 4 is 15.8 Å². The summed E-state index contributed by atoms with van der Waals surface area (Å²) in [6.45, 7) is 6.00. The van der Waals surface area contributed by atoms with Gasteiger partial charge >= 0.3 is 0 Å². The summed E-state index contributed by atoms with van der Waals surface area (Å²) in [5.74, 6) is 0.503. The maximum atomic E-state index is 11.6. The molecule has 0 saturated carbocycles. The molecule has 0 bridgehead atoms. The van der Waals surface area contributed by atoms with E-state index in [2.05, 4.69) is 9.82 Å². The molecule has 6 nitrogen and oxygen atoms in total. The third-order valence-electron chi connectivity index (χ3n) is 2.71. The molecule has 1 heterocycles. The molecule has 92 valence electrons. The van der Waals surface area contributed by atoms with Crippen LogP contribution in [-0.4, -0.2) is 25.2 Å². The second kappa shape index (κ2) is 4.42. The van der Waals surface area contributed by atoms with E-state index >= 15 is 0 Å². The van der Waals surface area contributed by atoms with Crippen LogP contribution in [0.15, 0.2) is 11.1 Å². The predicted octanol–water partition coefficient (Wildman–Crippen LogP) is 0.590. The Balaban J connectivity index is 3.21. The highest BCUT2D eigenvalue weighted by Gasteiger charge is 2.22. The largest absolute Gasteiger partial charge is 0.383 e. The van der Waals surface area contributed by atoms with Crippen molar-refractivity contribution in [3.8, 4) is 0 Å². The monoisotopic (exact) mass is 246 g/mol. The van der Waals surface area contributed by atoms with E-state index in [9.17, 15) is 8.42 Å². The highest BCUT2D eigenvalue weighted by Crippen LogP contribution is 2.24. The molecule has 0 aliphatic heterocycles. The Morgan fingerprint density at radius 2 is 2.00 bits per heavy atom. The van der Waals surface area contributed by atoms with Crippen molar-refractivity contribution in [3.63, 3.8) is 0 Å². The zero-order valence-electron chi connectivity index (χ0n) is 9.93. The van der Waals surface area contributed by atoms with E-state index in [1.807, 2.05) is 20.8 Å². The summed E-state index contributed by atoms with van der Waals surface area (Å²) in [4.78, 5) is 0.0301. The number of nitrogens with two attached hydrogens (primary N) is 1. The molecule has 0 fully saturated rings. The van der Waals surface area contributed by atoms with Gasteiger partial charge in [0.15, 0.2) is 0 Å². The van der Waals surface area contributed by atoms with Crippen molar-refractivity contribution in [2.24, 2.45) is 5.92 Å². The predicted molar refractivity (Wildman–Crippen MR) is 62.4 cm³/mol. The van der Waals surface area contributed by atoms with Gasteiger partial charge in [0, 0.05) is 0 Å². The number of rotatable bonds is 4. The van der Waals surface area contributed by atoms with Crippen LogP contribution in [0.4, 0.5) is 5.82 Å². The lowest BCUT2D eigenvalue weighted by atomic mass is 10.1. The molecule has 1 aromatic rings. The molecule has 0 saturated heterocycles. The number of anilines is 1. The molecular formula is C9H18N4O2S. The second-order valence-corrected chi connectivity index (χ2v) is 5.89. The number of hydrogen-bond acceptors (Lipinski definition) is 4. The summed E-state index contributed by atoms with van der Waals surface area (Å²) in [7, 11) is -2.18. The highest BCUT2D eigenvalue weighted by atomic mass is 32.2. The third kappa shape index (κ3) is 2.19. The molecule has 0 aliphatic rings. The van der Waals surface area contributed by atoms with E-state index < -0.39 is 10.0 Å². The first-order chi connectivity index (χ1) is 7.31. The van der Waals surface area contributed by atoms with Gasteiger partial charge in [-0.1, -0.05) is 13.8 Å². The Hall–Kier alpha value is -1.08. The number of nitrogens with zero attached hydrogens (tertiary/aromatic N) is 2. The van der Waals surface area contributed by atoms with E-state index in [4.69, 9.17) is 5.73 Å². The van der Waals surface area contributed by atoms with E-state index in [0.29, 0.717) is 5.92 Å². The molecule has 1 aromatic heterocycles. The van der Waals surface area contributed by atoms with Gasteiger partial charge in [-0.05, 0) is 19.9 Å². The molecule has 0 amide bonds. The molecule has 1 atom stereocenters. The summed E-state index contributed by atoms with van der Waals surface area (Å²) in [6, 6.07) is 0.0563. The summed E-state index contributed by atoms with van der Waals surface area (Å²) in [5, 5.41) is 4.02. The summed E-state index contributed by atoms with van der Waals surface area (Å²) in [6.07, 6.45) is 1.28. The van der Waals surface area contributed by atoms with Crippen molar-refractivity contribution in [2.75, 3.05) is 12.8 Å². The van der Waals surface area contributed by atoms with E-state index in [-0.39, 0.29) is 16.8 Å². The maximum Gasteiger partial charge on any atom is 0.245 e. The van der Waals surface area contributed by atoms with E-state index in [1.54, 1.807) is 0 Å². The summed E-state index contributed by atoms with van der Waals surface area (Å²) >= 11 is 0. The molecular weight excluding hydrogens is 228 g/mol. The minimum absolute atomic E-state index is 0.0301. The molecule has 1 unspecified atom stereocenters. The zero-order chi connectivity index (χ0) is 12.5. The fourth-order valence-electron chi connectivity index (χ4n) is 1.28. The van der Waals surface area contributed by atoms with Crippen molar-refractivity contribution in [3.05, 3.63) is 6.20 Å². The Morgan fingerprint density at radius 3 is 2.44 bits per heavy atom. The van der Waals surface area contributed by atoms with Gasteiger partial charge in [0.2, 0.25) is 10.0 Å². The van der Waals surface area contributed by atoms with Crippen molar-refractivity contribution in [2.45, 2.75) is 31.7 Å². The first-order valence-electron chi connectivity index (χ1n) is 5.07. The van der Waals surface area contributed by atoms with Crippen LogP contribution in [0.1, 0.15) is 26.8 Å². The fraction of sp³-hybridized carbons (Fsp3) is 0.667. The molecule has 16 heavy (non-hydrogen) atoms. The molecule has 0 aromatic carbocycles. The van der Waals surface area contributed by atoms with E-state index in [0.717, 1.165) is 0 Å².